The normalized spacial score (nSPS) is 21.5. The lowest BCUT2D eigenvalue weighted by molar-refractivity contribution is -0.130. The van der Waals surface area contributed by atoms with Crippen molar-refractivity contribution < 1.29 is 9.59 Å². The topological polar surface area (TPSA) is 70.6 Å². The Morgan fingerprint density at radius 2 is 2.05 bits per heavy atom. The Morgan fingerprint density at radius 1 is 1.38 bits per heavy atom. The maximum absolute atomic E-state index is 12.1. The summed E-state index contributed by atoms with van der Waals surface area (Å²) in [5, 5.41) is 6.87. The number of hydrogen-bond acceptors (Lipinski definition) is 3. The van der Waals surface area contributed by atoms with Gasteiger partial charge in [-0.25, -0.2) is 5.43 Å². The average molecular weight is 399 g/mol. The smallest absolute Gasteiger partial charge is 0.244 e. The van der Waals surface area contributed by atoms with Gasteiger partial charge in [0.2, 0.25) is 11.8 Å². The fourth-order valence-electron chi connectivity index (χ4n) is 2.39. The molecular weight excluding hydrogens is 381 g/mol. The number of nitrogens with one attached hydrogen (secondary N) is 2. The van der Waals surface area contributed by atoms with Crippen molar-refractivity contribution in [3.63, 3.8) is 0 Å². The van der Waals surface area contributed by atoms with Gasteiger partial charge in [0.1, 0.15) is 0 Å². The second kappa shape index (κ2) is 7.02. The molecule has 1 aliphatic rings. The molecule has 0 aromatic heterocycles. The van der Waals surface area contributed by atoms with Crippen LogP contribution in [0.4, 0.5) is 5.69 Å². The minimum atomic E-state index is -0.360. The van der Waals surface area contributed by atoms with Crippen LogP contribution in [0, 0.1) is 15.4 Å². The zero-order chi connectivity index (χ0) is 15.4. The number of hydrazone groups is 1. The van der Waals surface area contributed by atoms with E-state index in [0.29, 0.717) is 0 Å². The molecule has 0 bridgehead atoms. The van der Waals surface area contributed by atoms with Crippen molar-refractivity contribution in [1.82, 2.24) is 5.43 Å². The number of amides is 2. The highest BCUT2D eigenvalue weighted by atomic mass is 127. The number of anilines is 1. The van der Waals surface area contributed by atoms with Crippen LogP contribution in [0.2, 0.25) is 0 Å². The summed E-state index contributed by atoms with van der Waals surface area (Å²) in [4.78, 5) is 24.0. The Morgan fingerprint density at radius 3 is 2.67 bits per heavy atom. The Hall–Kier alpha value is -1.44. The average Bonchev–Trinajstić information content (AvgIpc) is 2.46. The first-order valence-corrected chi connectivity index (χ1v) is 8.01. The maximum atomic E-state index is 12.1. The van der Waals surface area contributed by atoms with Gasteiger partial charge >= 0.3 is 0 Å². The lowest BCUT2D eigenvalue weighted by Crippen LogP contribution is -2.42. The van der Waals surface area contributed by atoms with Crippen LogP contribution in [0.15, 0.2) is 29.4 Å². The summed E-state index contributed by atoms with van der Waals surface area (Å²) in [7, 11) is 0. The van der Waals surface area contributed by atoms with Gasteiger partial charge < -0.3 is 5.32 Å². The first-order chi connectivity index (χ1) is 10.0. The van der Waals surface area contributed by atoms with Crippen LogP contribution >= 0.6 is 22.6 Å². The molecule has 21 heavy (non-hydrogen) atoms. The summed E-state index contributed by atoms with van der Waals surface area (Å²) >= 11 is 2.21. The van der Waals surface area contributed by atoms with E-state index in [9.17, 15) is 9.59 Å². The van der Waals surface area contributed by atoms with Crippen LogP contribution in [0.3, 0.4) is 0 Å². The van der Waals surface area contributed by atoms with E-state index in [4.69, 9.17) is 0 Å². The standard InChI is InChI=1S/C15H18IN3O2/c1-3-13-9(2)12(15(21)19-18-13)8-14(20)17-11-6-4-10(16)5-7-11/h4-7,9,12H,3,8H2,1-2H3,(H,17,20)(H,19,21)/t9-,12+/m1/s1. The van der Waals surface area contributed by atoms with Gasteiger partial charge in [-0.05, 0) is 53.3 Å². The van der Waals surface area contributed by atoms with E-state index in [1.54, 1.807) is 0 Å². The monoisotopic (exact) mass is 399 g/mol. The molecule has 0 spiro atoms. The molecule has 1 heterocycles. The van der Waals surface area contributed by atoms with E-state index in [1.165, 1.54) is 0 Å². The number of halogens is 1. The maximum Gasteiger partial charge on any atom is 0.244 e. The van der Waals surface area contributed by atoms with Crippen molar-refractivity contribution >= 4 is 45.8 Å². The molecule has 0 radical (unpaired) electrons. The van der Waals surface area contributed by atoms with Crippen LogP contribution in [0.5, 0.6) is 0 Å². The highest BCUT2D eigenvalue weighted by molar-refractivity contribution is 14.1. The molecule has 0 aliphatic carbocycles. The number of carbonyl (C=O) groups excluding carboxylic acids is 2. The molecule has 1 aromatic rings. The highest BCUT2D eigenvalue weighted by Gasteiger charge is 2.33. The molecule has 2 rings (SSSR count). The minimum Gasteiger partial charge on any atom is -0.326 e. The van der Waals surface area contributed by atoms with Gasteiger partial charge in [-0.2, -0.15) is 5.10 Å². The van der Waals surface area contributed by atoms with Gasteiger partial charge in [0.15, 0.2) is 0 Å². The molecule has 0 fully saturated rings. The van der Waals surface area contributed by atoms with E-state index in [-0.39, 0.29) is 30.1 Å². The lowest BCUT2D eigenvalue weighted by Gasteiger charge is -2.27. The zero-order valence-electron chi connectivity index (χ0n) is 12.0. The molecule has 1 aromatic carbocycles. The summed E-state index contributed by atoms with van der Waals surface area (Å²) in [6, 6.07) is 7.55. The molecule has 0 unspecified atom stereocenters. The predicted octanol–water partition coefficient (Wildman–Crippen LogP) is 2.77. The minimum absolute atomic E-state index is 0.00813. The van der Waals surface area contributed by atoms with E-state index in [0.717, 1.165) is 21.4 Å². The van der Waals surface area contributed by atoms with Gasteiger partial charge in [-0.15, -0.1) is 0 Å². The Balaban J connectivity index is 2.00. The Kier molecular flexibility index (Phi) is 5.33. The Labute approximate surface area is 137 Å². The number of benzene rings is 1. The van der Waals surface area contributed by atoms with Crippen molar-refractivity contribution in [2.45, 2.75) is 26.7 Å². The second-order valence-corrected chi connectivity index (χ2v) is 6.33. The summed E-state index contributed by atoms with van der Waals surface area (Å²) in [5.74, 6) is -0.703. The van der Waals surface area contributed by atoms with Crippen LogP contribution in [0.1, 0.15) is 26.7 Å². The van der Waals surface area contributed by atoms with Gasteiger partial charge in [0.05, 0.1) is 5.92 Å². The van der Waals surface area contributed by atoms with Crippen LogP contribution < -0.4 is 10.7 Å². The molecule has 5 nitrogen and oxygen atoms in total. The number of rotatable bonds is 4. The van der Waals surface area contributed by atoms with Crippen molar-refractivity contribution in [2.24, 2.45) is 16.9 Å². The third-order valence-corrected chi connectivity index (χ3v) is 4.39. The largest absolute Gasteiger partial charge is 0.326 e. The van der Waals surface area contributed by atoms with Crippen molar-refractivity contribution in [3.8, 4) is 0 Å². The van der Waals surface area contributed by atoms with E-state index < -0.39 is 0 Å². The first-order valence-electron chi connectivity index (χ1n) is 6.93. The quantitative estimate of drug-likeness (QED) is 0.765. The SMILES string of the molecule is CCC1=NNC(=O)[C@@H](CC(=O)Nc2ccc(I)cc2)[C@H]1C. The summed E-state index contributed by atoms with van der Waals surface area (Å²) < 4.78 is 1.11. The zero-order valence-corrected chi connectivity index (χ0v) is 14.2. The molecule has 1 aliphatic heterocycles. The molecule has 0 saturated heterocycles. The van der Waals surface area contributed by atoms with E-state index >= 15 is 0 Å². The van der Waals surface area contributed by atoms with Gasteiger partial charge in [0.25, 0.3) is 0 Å². The van der Waals surface area contributed by atoms with Crippen LogP contribution in [-0.4, -0.2) is 17.5 Å². The molecule has 2 atom stereocenters. The van der Waals surface area contributed by atoms with Crippen molar-refractivity contribution in [3.05, 3.63) is 27.8 Å². The fraction of sp³-hybridized carbons (Fsp3) is 0.400. The number of carbonyl (C=O) groups is 2. The van der Waals surface area contributed by atoms with Crippen LogP contribution in [-0.2, 0) is 9.59 Å². The van der Waals surface area contributed by atoms with Crippen molar-refractivity contribution in [1.29, 1.82) is 0 Å². The lowest BCUT2D eigenvalue weighted by atomic mass is 9.84. The molecule has 2 N–H and O–H groups in total. The predicted molar refractivity (Wildman–Crippen MR) is 90.9 cm³/mol. The van der Waals surface area contributed by atoms with Gasteiger partial charge in [0, 0.05) is 27.3 Å². The van der Waals surface area contributed by atoms with Gasteiger partial charge in [-0.1, -0.05) is 13.8 Å². The summed E-state index contributed by atoms with van der Waals surface area (Å²) in [5.41, 5.74) is 4.18. The third-order valence-electron chi connectivity index (χ3n) is 3.67. The van der Waals surface area contributed by atoms with Gasteiger partial charge in [-0.3, -0.25) is 9.59 Å². The Bertz CT molecular complexity index is 569. The second-order valence-electron chi connectivity index (χ2n) is 5.09. The highest BCUT2D eigenvalue weighted by Crippen LogP contribution is 2.23. The molecule has 0 saturated carbocycles. The third kappa shape index (κ3) is 4.03. The van der Waals surface area contributed by atoms with Crippen LogP contribution in [0.25, 0.3) is 0 Å². The van der Waals surface area contributed by atoms with Crippen molar-refractivity contribution in [2.75, 3.05) is 5.32 Å². The van der Waals surface area contributed by atoms with E-state index in [2.05, 4.69) is 38.4 Å². The molecule has 6 heteroatoms. The summed E-state index contributed by atoms with van der Waals surface area (Å²) in [6.07, 6.45) is 0.939. The number of hydrogen-bond donors (Lipinski definition) is 2. The molecule has 112 valence electrons. The molecular formula is C15H18IN3O2. The first kappa shape index (κ1) is 15.9. The number of nitrogens with zero attached hydrogens (tertiary/aromatic N) is 1. The molecule has 2 amide bonds. The van der Waals surface area contributed by atoms with E-state index in [1.807, 2.05) is 38.1 Å². The fourth-order valence-corrected chi connectivity index (χ4v) is 2.75. The summed E-state index contributed by atoms with van der Waals surface area (Å²) in [6.45, 7) is 3.94.